The van der Waals surface area contributed by atoms with E-state index in [-0.39, 0.29) is 16.7 Å². The minimum atomic E-state index is -0.855. The van der Waals surface area contributed by atoms with Crippen LogP contribution < -0.4 is 0 Å². The van der Waals surface area contributed by atoms with E-state index in [0.717, 1.165) is 0 Å². The van der Waals surface area contributed by atoms with E-state index in [0.29, 0.717) is 19.3 Å². The molecule has 0 amide bonds. The lowest BCUT2D eigenvalue weighted by atomic mass is 9.71. The van der Waals surface area contributed by atoms with Gasteiger partial charge in [-0.2, -0.15) is 0 Å². The van der Waals surface area contributed by atoms with Crippen LogP contribution in [0, 0.1) is 11.3 Å². The highest BCUT2D eigenvalue weighted by molar-refractivity contribution is 5.92. The molecule has 5 nitrogen and oxygen atoms in total. The molecule has 1 aliphatic carbocycles. The van der Waals surface area contributed by atoms with Gasteiger partial charge in [-0.1, -0.05) is 26.0 Å². The minimum Gasteiger partial charge on any atom is -0.507 e. The number of phenolic OH excluding ortho intramolecular Hbond substituents is 1. The van der Waals surface area contributed by atoms with Gasteiger partial charge in [-0.3, -0.25) is 4.79 Å². The first-order valence-electron chi connectivity index (χ1n) is 7.00. The van der Waals surface area contributed by atoms with Crippen LogP contribution in [0.4, 0.5) is 0 Å². The summed E-state index contributed by atoms with van der Waals surface area (Å²) in [5.41, 5.74) is -0.0851. The van der Waals surface area contributed by atoms with Crippen molar-refractivity contribution >= 4 is 11.9 Å². The number of carboxylic acid groups (broad SMARTS) is 1. The molecule has 1 saturated carbocycles. The predicted octanol–water partition coefficient (Wildman–Crippen LogP) is 2.83. The zero-order chi connectivity index (χ0) is 15.6. The maximum atomic E-state index is 12.1. The average molecular weight is 292 g/mol. The molecule has 5 heteroatoms. The van der Waals surface area contributed by atoms with Crippen LogP contribution in [0.25, 0.3) is 0 Å². The summed E-state index contributed by atoms with van der Waals surface area (Å²) in [4.78, 5) is 23.3. The average Bonchev–Trinajstić information content (AvgIpc) is 2.37. The lowest BCUT2D eigenvalue weighted by Gasteiger charge is -2.38. The number of benzene rings is 1. The molecule has 0 bridgehead atoms. The Bertz CT molecular complexity index is 549. The van der Waals surface area contributed by atoms with Gasteiger partial charge in [0.05, 0.1) is 5.92 Å². The van der Waals surface area contributed by atoms with Crippen molar-refractivity contribution < 1.29 is 24.5 Å². The van der Waals surface area contributed by atoms with Gasteiger partial charge in [0.1, 0.15) is 17.4 Å². The summed E-state index contributed by atoms with van der Waals surface area (Å²) in [6.07, 6.45) is 1.07. The van der Waals surface area contributed by atoms with Crippen molar-refractivity contribution in [3.05, 3.63) is 29.8 Å². The Balaban J connectivity index is 2.10. The van der Waals surface area contributed by atoms with Crippen molar-refractivity contribution in [2.24, 2.45) is 11.3 Å². The summed E-state index contributed by atoms with van der Waals surface area (Å²) in [7, 11) is 0. The molecule has 0 aromatic heterocycles. The van der Waals surface area contributed by atoms with Gasteiger partial charge in [0, 0.05) is 0 Å². The first kappa shape index (κ1) is 15.4. The molecular formula is C16H20O5. The number of hydrogen-bond donors (Lipinski definition) is 2. The maximum Gasteiger partial charge on any atom is 0.342 e. The molecule has 2 rings (SSSR count). The molecule has 0 spiro atoms. The quantitative estimate of drug-likeness (QED) is 0.837. The Kier molecular flexibility index (Phi) is 4.21. The van der Waals surface area contributed by atoms with Gasteiger partial charge in [0.25, 0.3) is 0 Å². The lowest BCUT2D eigenvalue weighted by Crippen LogP contribution is -2.37. The van der Waals surface area contributed by atoms with Gasteiger partial charge in [0.15, 0.2) is 0 Å². The van der Waals surface area contributed by atoms with Crippen LogP contribution in [0.3, 0.4) is 0 Å². The number of carboxylic acids is 1. The number of ether oxygens (including phenoxy) is 1. The van der Waals surface area contributed by atoms with Gasteiger partial charge >= 0.3 is 11.9 Å². The van der Waals surface area contributed by atoms with Gasteiger partial charge in [-0.15, -0.1) is 0 Å². The van der Waals surface area contributed by atoms with Crippen LogP contribution in [0.1, 0.15) is 43.5 Å². The molecule has 0 radical (unpaired) electrons. The van der Waals surface area contributed by atoms with Gasteiger partial charge < -0.3 is 14.9 Å². The fourth-order valence-corrected chi connectivity index (χ4v) is 2.99. The van der Waals surface area contributed by atoms with Crippen LogP contribution in [-0.2, 0) is 9.53 Å². The Morgan fingerprint density at radius 1 is 1.24 bits per heavy atom. The Labute approximate surface area is 123 Å². The highest BCUT2D eigenvalue weighted by Gasteiger charge is 2.39. The van der Waals surface area contributed by atoms with Crippen molar-refractivity contribution in [2.45, 2.75) is 39.2 Å². The van der Waals surface area contributed by atoms with Crippen molar-refractivity contribution in [2.75, 3.05) is 0 Å². The summed E-state index contributed by atoms with van der Waals surface area (Å²) in [6.45, 7) is 3.95. The van der Waals surface area contributed by atoms with Crippen molar-refractivity contribution in [1.29, 1.82) is 0 Å². The normalized spacial score (nSPS) is 24.3. The largest absolute Gasteiger partial charge is 0.507 e. The SMILES string of the molecule is CC1(C)C[C@@H](OC(=O)c2ccccc2O)C[C@H](C(=O)O)C1. The smallest absolute Gasteiger partial charge is 0.342 e. The summed E-state index contributed by atoms with van der Waals surface area (Å²) >= 11 is 0. The van der Waals surface area contributed by atoms with E-state index in [9.17, 15) is 19.8 Å². The fourth-order valence-electron chi connectivity index (χ4n) is 2.99. The minimum absolute atomic E-state index is 0.104. The second-order valence-corrected chi connectivity index (χ2v) is 6.39. The number of aromatic hydroxyl groups is 1. The van der Waals surface area contributed by atoms with E-state index in [1.807, 2.05) is 13.8 Å². The van der Waals surface area contributed by atoms with Crippen LogP contribution in [0.2, 0.25) is 0 Å². The predicted molar refractivity (Wildman–Crippen MR) is 76.1 cm³/mol. The van der Waals surface area contributed by atoms with Crippen LogP contribution in [0.5, 0.6) is 5.75 Å². The topological polar surface area (TPSA) is 83.8 Å². The molecule has 1 aromatic carbocycles. The standard InChI is InChI=1S/C16H20O5/c1-16(2)8-10(14(18)19)7-11(9-16)21-15(20)12-5-3-4-6-13(12)17/h3-6,10-11,17H,7-9H2,1-2H3,(H,18,19)/t10-,11-/m0/s1. The molecule has 2 N–H and O–H groups in total. The Morgan fingerprint density at radius 3 is 2.52 bits per heavy atom. The number of aliphatic carboxylic acids is 1. The fraction of sp³-hybridized carbons (Fsp3) is 0.500. The summed E-state index contributed by atoms with van der Waals surface area (Å²) in [6, 6.07) is 6.17. The Morgan fingerprint density at radius 2 is 1.90 bits per heavy atom. The zero-order valence-corrected chi connectivity index (χ0v) is 12.2. The summed E-state index contributed by atoms with van der Waals surface area (Å²) in [5.74, 6) is -2.10. The van der Waals surface area contributed by atoms with Crippen molar-refractivity contribution in [1.82, 2.24) is 0 Å². The van der Waals surface area contributed by atoms with E-state index in [2.05, 4.69) is 0 Å². The van der Waals surface area contributed by atoms with E-state index < -0.39 is 24.0 Å². The molecule has 2 atom stereocenters. The second-order valence-electron chi connectivity index (χ2n) is 6.39. The molecular weight excluding hydrogens is 272 g/mol. The molecule has 0 aliphatic heterocycles. The third-order valence-corrected chi connectivity index (χ3v) is 3.87. The van der Waals surface area contributed by atoms with Crippen LogP contribution in [0.15, 0.2) is 24.3 Å². The molecule has 1 aromatic rings. The van der Waals surface area contributed by atoms with Crippen molar-refractivity contribution in [3.8, 4) is 5.75 Å². The molecule has 1 fully saturated rings. The van der Waals surface area contributed by atoms with Crippen LogP contribution in [-0.4, -0.2) is 28.3 Å². The number of esters is 1. The van der Waals surface area contributed by atoms with Crippen molar-refractivity contribution in [3.63, 3.8) is 0 Å². The Hall–Kier alpha value is -2.04. The molecule has 21 heavy (non-hydrogen) atoms. The number of phenols is 1. The molecule has 114 valence electrons. The molecule has 0 unspecified atom stereocenters. The van der Waals surface area contributed by atoms with E-state index in [4.69, 9.17) is 4.74 Å². The summed E-state index contributed by atoms with van der Waals surface area (Å²) in [5, 5.41) is 18.9. The molecule has 1 aliphatic rings. The summed E-state index contributed by atoms with van der Waals surface area (Å²) < 4.78 is 5.41. The number of rotatable bonds is 3. The highest BCUT2D eigenvalue weighted by Crippen LogP contribution is 2.40. The number of carbonyl (C=O) groups is 2. The first-order chi connectivity index (χ1) is 9.78. The molecule has 0 heterocycles. The number of para-hydroxylation sites is 1. The second kappa shape index (κ2) is 5.76. The number of hydrogen-bond acceptors (Lipinski definition) is 4. The maximum absolute atomic E-state index is 12.1. The van der Waals surface area contributed by atoms with Gasteiger partial charge in [-0.05, 0) is 36.8 Å². The lowest BCUT2D eigenvalue weighted by molar-refractivity contribution is -0.146. The third-order valence-electron chi connectivity index (χ3n) is 3.87. The van der Waals surface area contributed by atoms with E-state index in [1.54, 1.807) is 12.1 Å². The first-order valence-corrected chi connectivity index (χ1v) is 7.00. The molecule has 0 saturated heterocycles. The van der Waals surface area contributed by atoms with Crippen LogP contribution >= 0.6 is 0 Å². The van der Waals surface area contributed by atoms with Gasteiger partial charge in [0.2, 0.25) is 0 Å². The third kappa shape index (κ3) is 3.74. The van der Waals surface area contributed by atoms with Gasteiger partial charge in [-0.25, -0.2) is 4.79 Å². The number of carbonyl (C=O) groups excluding carboxylic acids is 1. The van der Waals surface area contributed by atoms with E-state index >= 15 is 0 Å². The zero-order valence-electron chi connectivity index (χ0n) is 12.2. The van der Waals surface area contributed by atoms with E-state index in [1.165, 1.54) is 12.1 Å². The monoisotopic (exact) mass is 292 g/mol. The highest BCUT2D eigenvalue weighted by atomic mass is 16.5.